The second kappa shape index (κ2) is 3.93. The van der Waals surface area contributed by atoms with Crippen LogP contribution in [0.5, 0.6) is 0 Å². The van der Waals surface area contributed by atoms with Gasteiger partial charge in [-0.1, -0.05) is 0 Å². The molecule has 0 aromatic rings. The van der Waals surface area contributed by atoms with Crippen molar-refractivity contribution in [3.05, 3.63) is 0 Å². The fourth-order valence-corrected chi connectivity index (χ4v) is 0. The molecule has 0 amide bonds. The zero-order valence-electron chi connectivity index (χ0n) is 2.18. The van der Waals surface area contributed by atoms with Crippen molar-refractivity contribution in [1.29, 1.82) is 0 Å². The monoisotopic (exact) mass is 249 g/mol. The Morgan fingerprint density at radius 3 is 1.40 bits per heavy atom. The van der Waals surface area contributed by atoms with Gasteiger partial charge in [-0.25, -0.2) is 4.79 Å². The molecule has 2 N–H and O–H groups in total. The maximum absolute atomic E-state index is 8.56. The van der Waals surface area contributed by atoms with Crippen molar-refractivity contribution in [3.63, 3.8) is 0 Å². The summed E-state index contributed by atoms with van der Waals surface area (Å²) >= 11 is 0. The molecule has 0 bridgehead atoms. The average Bonchev–Trinajstić information content (AvgIpc) is 0.811. The Morgan fingerprint density at radius 2 is 1.40 bits per heavy atom. The van der Waals surface area contributed by atoms with Gasteiger partial charge in [-0.2, -0.15) is 0 Å². The van der Waals surface area contributed by atoms with Crippen molar-refractivity contribution in [1.82, 2.24) is 0 Å². The number of hydrogen-bond acceptors (Lipinski definition) is 1. The van der Waals surface area contributed by atoms with E-state index in [0.29, 0.717) is 0 Å². The minimum Gasteiger partial charge on any atom is -0.450 e. The third-order valence-electron chi connectivity index (χ3n) is 0. The number of hydrogen-bond donors (Lipinski definition) is 2. The minimum atomic E-state index is -1.83. The molecule has 1 radical (unpaired) electrons. The molecule has 0 atom stereocenters. The molecule has 4 heteroatoms. The van der Waals surface area contributed by atoms with Crippen molar-refractivity contribution in [2.24, 2.45) is 0 Å². The molecule has 31 valence electrons. The molecule has 0 aromatic carbocycles. The van der Waals surface area contributed by atoms with Crippen LogP contribution in [0, 0.1) is 0 Å². The minimum absolute atomic E-state index is 0. The molecule has 0 aliphatic carbocycles. The maximum atomic E-state index is 8.56. The van der Waals surface area contributed by atoms with Gasteiger partial charge >= 0.3 is 6.16 Å². The molecule has 3 nitrogen and oxygen atoms in total. The number of carbonyl (C=O) groups is 1. The molecule has 0 saturated carbocycles. The summed E-state index contributed by atoms with van der Waals surface area (Å²) in [6, 6.07) is 0. The van der Waals surface area contributed by atoms with Gasteiger partial charge in [-0.15, -0.1) is 0 Å². The zero-order valence-corrected chi connectivity index (χ0v) is 4.90. The van der Waals surface area contributed by atoms with Crippen molar-refractivity contribution >= 4 is 6.16 Å². The van der Waals surface area contributed by atoms with Crippen LogP contribution in [0.3, 0.4) is 0 Å². The van der Waals surface area contributed by atoms with Gasteiger partial charge in [0.05, 0.1) is 0 Å². The molecule has 0 aromatic heterocycles. The van der Waals surface area contributed by atoms with E-state index in [-0.39, 0.29) is 20.4 Å². The van der Waals surface area contributed by atoms with Crippen LogP contribution < -0.4 is 0 Å². The Morgan fingerprint density at radius 1 is 1.40 bits per heavy atom. The quantitative estimate of drug-likeness (QED) is 0.644. The van der Waals surface area contributed by atoms with Gasteiger partial charge in [0, 0.05) is 20.4 Å². The summed E-state index contributed by atoms with van der Waals surface area (Å²) in [4.78, 5) is 8.56. The maximum Gasteiger partial charge on any atom is 0.503 e. The van der Waals surface area contributed by atoms with Gasteiger partial charge in [0.1, 0.15) is 0 Å². The largest absolute Gasteiger partial charge is 0.503 e. The predicted octanol–water partition coefficient (Wildman–Crippen LogP) is 0.220. The molecule has 0 aliphatic heterocycles. The van der Waals surface area contributed by atoms with Crippen LogP contribution in [0.15, 0.2) is 0 Å². The van der Waals surface area contributed by atoms with E-state index in [1.165, 1.54) is 0 Å². The van der Waals surface area contributed by atoms with Gasteiger partial charge in [0.2, 0.25) is 0 Å². The van der Waals surface area contributed by atoms with Crippen LogP contribution >= 0.6 is 0 Å². The van der Waals surface area contributed by atoms with Crippen LogP contribution in [0.2, 0.25) is 0 Å². The summed E-state index contributed by atoms with van der Waals surface area (Å²) in [6.45, 7) is 0. The van der Waals surface area contributed by atoms with Crippen molar-refractivity contribution in [3.8, 4) is 0 Å². The Bertz CT molecular complexity index is 29.9. The van der Waals surface area contributed by atoms with Gasteiger partial charge in [0.25, 0.3) is 0 Å². The van der Waals surface area contributed by atoms with E-state index in [9.17, 15) is 0 Å². The molecule has 0 saturated heterocycles. The standard InChI is InChI=1S/CH2O3.Re/c2-1(3)4;/h(H2,2,3,4);. The summed E-state index contributed by atoms with van der Waals surface area (Å²) < 4.78 is 0. The van der Waals surface area contributed by atoms with Gasteiger partial charge < -0.3 is 10.2 Å². The van der Waals surface area contributed by atoms with Crippen molar-refractivity contribution in [2.45, 2.75) is 0 Å². The first-order valence-corrected chi connectivity index (χ1v) is 0.651. The van der Waals surface area contributed by atoms with E-state index in [2.05, 4.69) is 0 Å². The molecule has 0 spiro atoms. The van der Waals surface area contributed by atoms with E-state index in [0.717, 1.165) is 0 Å². The molecular formula is CH2O3Re. The Labute approximate surface area is 42.3 Å². The average molecular weight is 248 g/mol. The van der Waals surface area contributed by atoms with Crippen LogP contribution in [0.4, 0.5) is 4.79 Å². The molecular weight excluding hydrogens is 246 g/mol. The third kappa shape index (κ3) is 3210. The number of carboxylic acid groups (broad SMARTS) is 2. The zero-order chi connectivity index (χ0) is 3.58. The SMILES string of the molecule is O=C(O)O.[Re]. The third-order valence-corrected chi connectivity index (χ3v) is 0. The van der Waals surface area contributed by atoms with Gasteiger partial charge in [-0.05, 0) is 0 Å². The summed E-state index contributed by atoms with van der Waals surface area (Å²) in [7, 11) is 0. The fourth-order valence-electron chi connectivity index (χ4n) is 0. The predicted molar refractivity (Wildman–Crippen MR) is 10.7 cm³/mol. The molecule has 0 heterocycles. The van der Waals surface area contributed by atoms with Crippen molar-refractivity contribution in [2.75, 3.05) is 0 Å². The summed E-state index contributed by atoms with van der Waals surface area (Å²) in [5.41, 5.74) is 0. The van der Waals surface area contributed by atoms with Crippen molar-refractivity contribution < 1.29 is 35.4 Å². The first-order valence-electron chi connectivity index (χ1n) is 0.651. The van der Waals surface area contributed by atoms with Crippen LogP contribution in [-0.4, -0.2) is 16.4 Å². The second-order valence-corrected chi connectivity index (χ2v) is 0.283. The molecule has 0 fully saturated rings. The van der Waals surface area contributed by atoms with Crippen LogP contribution in [0.25, 0.3) is 0 Å². The van der Waals surface area contributed by atoms with Gasteiger partial charge in [-0.3, -0.25) is 0 Å². The normalized spacial score (nSPS) is 4.80. The Kier molecular flexibility index (Phi) is 6.98. The smallest absolute Gasteiger partial charge is 0.450 e. The summed E-state index contributed by atoms with van der Waals surface area (Å²) in [5, 5.41) is 13.9. The Balaban J connectivity index is 0. The fraction of sp³-hybridized carbons (Fsp3) is 0. The topological polar surface area (TPSA) is 57.5 Å². The second-order valence-electron chi connectivity index (χ2n) is 0.283. The first-order chi connectivity index (χ1) is 1.73. The Hall–Kier alpha value is -0.0677. The van der Waals surface area contributed by atoms with Crippen LogP contribution in [-0.2, 0) is 20.4 Å². The van der Waals surface area contributed by atoms with E-state index in [4.69, 9.17) is 15.0 Å². The van der Waals surface area contributed by atoms with E-state index in [1.54, 1.807) is 0 Å². The molecule has 0 aliphatic rings. The molecule has 5 heavy (non-hydrogen) atoms. The van der Waals surface area contributed by atoms with E-state index in [1.807, 2.05) is 0 Å². The van der Waals surface area contributed by atoms with Crippen LogP contribution in [0.1, 0.15) is 0 Å². The van der Waals surface area contributed by atoms with E-state index >= 15 is 0 Å². The number of rotatable bonds is 0. The summed E-state index contributed by atoms with van der Waals surface area (Å²) in [5.74, 6) is 0. The van der Waals surface area contributed by atoms with E-state index < -0.39 is 6.16 Å². The first kappa shape index (κ1) is 8.87. The molecule has 0 unspecified atom stereocenters. The summed E-state index contributed by atoms with van der Waals surface area (Å²) in [6.07, 6.45) is -1.83. The van der Waals surface area contributed by atoms with Gasteiger partial charge in [0.15, 0.2) is 0 Å². The molecule has 0 rings (SSSR count).